The number of amides is 2. The number of thiazole rings is 1. The lowest BCUT2D eigenvalue weighted by atomic mass is 9.97. The Morgan fingerprint density at radius 1 is 1.19 bits per heavy atom. The first-order chi connectivity index (χ1) is 12.3. The van der Waals surface area contributed by atoms with Crippen molar-refractivity contribution in [2.24, 2.45) is 5.92 Å². The van der Waals surface area contributed by atoms with Crippen molar-refractivity contribution in [2.45, 2.75) is 53.4 Å². The van der Waals surface area contributed by atoms with Crippen LogP contribution in [0.4, 0.5) is 5.13 Å². The van der Waals surface area contributed by atoms with E-state index in [1.54, 1.807) is 4.90 Å². The minimum absolute atomic E-state index is 0.00531. The van der Waals surface area contributed by atoms with E-state index >= 15 is 0 Å². The van der Waals surface area contributed by atoms with Gasteiger partial charge in [-0.2, -0.15) is 0 Å². The molecule has 0 saturated heterocycles. The average molecular weight is 383 g/mol. The van der Waals surface area contributed by atoms with Crippen LogP contribution in [0.15, 0.2) is 0 Å². The van der Waals surface area contributed by atoms with Crippen molar-refractivity contribution in [3.63, 3.8) is 0 Å². The van der Waals surface area contributed by atoms with E-state index in [0.29, 0.717) is 11.7 Å². The molecule has 0 radical (unpaired) electrons. The predicted octanol–water partition coefficient (Wildman–Crippen LogP) is 3.31. The molecular weight excluding hydrogens is 348 g/mol. The number of nitrogens with one attached hydrogen (secondary N) is 1. The van der Waals surface area contributed by atoms with E-state index < -0.39 is 0 Å². The number of aromatic nitrogens is 1. The molecule has 6 nitrogen and oxygen atoms in total. The van der Waals surface area contributed by atoms with E-state index in [0.717, 1.165) is 42.8 Å². The fourth-order valence-corrected chi connectivity index (χ4v) is 3.49. The van der Waals surface area contributed by atoms with Crippen LogP contribution in [0, 0.1) is 19.8 Å². The summed E-state index contributed by atoms with van der Waals surface area (Å²) in [6, 6.07) is 0. The number of rotatable bonds is 11. The molecule has 1 heterocycles. The van der Waals surface area contributed by atoms with Crippen LogP contribution < -0.4 is 5.32 Å². The highest BCUT2D eigenvalue weighted by atomic mass is 32.1. The molecule has 1 rings (SSSR count). The van der Waals surface area contributed by atoms with Crippen molar-refractivity contribution in [3.05, 3.63) is 10.6 Å². The SMILES string of the molecule is CCCCC(CC)C(=O)N(CCN(C)C)CC(=O)Nc1nc(C)c(C)s1. The first-order valence-corrected chi connectivity index (χ1v) is 10.3. The summed E-state index contributed by atoms with van der Waals surface area (Å²) in [5.41, 5.74) is 0.927. The maximum Gasteiger partial charge on any atom is 0.245 e. The van der Waals surface area contributed by atoms with Gasteiger partial charge in [0.05, 0.1) is 12.2 Å². The fourth-order valence-electron chi connectivity index (χ4n) is 2.66. The maximum absolute atomic E-state index is 13.0. The Morgan fingerprint density at radius 2 is 1.88 bits per heavy atom. The number of anilines is 1. The van der Waals surface area contributed by atoms with Gasteiger partial charge in [0, 0.05) is 23.9 Å². The highest BCUT2D eigenvalue weighted by molar-refractivity contribution is 7.15. The molecule has 26 heavy (non-hydrogen) atoms. The minimum atomic E-state index is -0.184. The number of likely N-dealkylation sites (N-methyl/N-ethyl adjacent to an activating group) is 1. The standard InChI is InChI=1S/C19H34N4O2S/c1-7-9-10-16(8-2)18(25)23(12-11-22(5)6)13-17(24)21-19-20-14(3)15(4)26-19/h16H,7-13H2,1-6H3,(H,20,21,24). The zero-order valence-corrected chi connectivity index (χ0v) is 17.9. The van der Waals surface area contributed by atoms with Crippen molar-refractivity contribution in [1.29, 1.82) is 0 Å². The van der Waals surface area contributed by atoms with Crippen molar-refractivity contribution < 1.29 is 9.59 Å². The summed E-state index contributed by atoms with van der Waals surface area (Å²) in [6.45, 7) is 9.45. The molecule has 0 aliphatic heterocycles. The smallest absolute Gasteiger partial charge is 0.245 e. The molecule has 0 fully saturated rings. The monoisotopic (exact) mass is 382 g/mol. The van der Waals surface area contributed by atoms with E-state index in [-0.39, 0.29) is 24.3 Å². The highest BCUT2D eigenvalue weighted by Crippen LogP contribution is 2.21. The van der Waals surface area contributed by atoms with Gasteiger partial charge in [0.1, 0.15) is 0 Å². The second-order valence-electron chi connectivity index (χ2n) is 7.02. The molecular formula is C19H34N4O2S. The third-order valence-corrected chi connectivity index (χ3v) is 5.47. The third kappa shape index (κ3) is 7.41. The first-order valence-electron chi connectivity index (χ1n) is 9.45. The summed E-state index contributed by atoms with van der Waals surface area (Å²) in [4.78, 5) is 34.6. The van der Waals surface area contributed by atoms with Gasteiger partial charge in [-0.25, -0.2) is 4.98 Å². The molecule has 0 aromatic carbocycles. The van der Waals surface area contributed by atoms with Crippen LogP contribution in [0.1, 0.15) is 50.1 Å². The Kier molecular flexibility index (Phi) is 9.80. The van der Waals surface area contributed by atoms with E-state index in [1.807, 2.05) is 39.8 Å². The summed E-state index contributed by atoms with van der Waals surface area (Å²) >= 11 is 1.46. The lowest BCUT2D eigenvalue weighted by molar-refractivity contribution is -0.138. The predicted molar refractivity (Wildman–Crippen MR) is 109 cm³/mol. The molecule has 2 amide bonds. The first kappa shape index (κ1) is 22.6. The summed E-state index contributed by atoms with van der Waals surface area (Å²) in [5, 5.41) is 3.44. The van der Waals surface area contributed by atoms with Gasteiger partial charge < -0.3 is 15.1 Å². The lowest BCUT2D eigenvalue weighted by Gasteiger charge is -2.27. The summed E-state index contributed by atoms with van der Waals surface area (Å²) in [6.07, 6.45) is 3.81. The largest absolute Gasteiger partial charge is 0.332 e. The molecule has 1 aromatic rings. The van der Waals surface area contributed by atoms with Gasteiger partial charge in [0.25, 0.3) is 0 Å². The van der Waals surface area contributed by atoms with Crippen LogP contribution in [-0.2, 0) is 9.59 Å². The van der Waals surface area contributed by atoms with Crippen LogP contribution in [0.5, 0.6) is 0 Å². The van der Waals surface area contributed by atoms with Crippen molar-refractivity contribution in [3.8, 4) is 0 Å². The molecule has 0 aliphatic rings. The van der Waals surface area contributed by atoms with Crippen LogP contribution in [0.2, 0.25) is 0 Å². The number of aryl methyl sites for hydroxylation is 2. The number of hydrogen-bond donors (Lipinski definition) is 1. The quantitative estimate of drug-likeness (QED) is 0.638. The van der Waals surface area contributed by atoms with Crippen LogP contribution in [0.25, 0.3) is 0 Å². The molecule has 1 atom stereocenters. The van der Waals surface area contributed by atoms with Gasteiger partial charge in [-0.15, -0.1) is 11.3 Å². The zero-order chi connectivity index (χ0) is 19.7. The van der Waals surface area contributed by atoms with E-state index in [2.05, 4.69) is 17.2 Å². The molecule has 0 spiro atoms. The molecule has 1 unspecified atom stereocenters. The normalized spacial score (nSPS) is 12.3. The summed E-state index contributed by atoms with van der Waals surface area (Å²) in [5.74, 6) is -0.102. The Morgan fingerprint density at radius 3 is 2.38 bits per heavy atom. The highest BCUT2D eigenvalue weighted by Gasteiger charge is 2.24. The molecule has 7 heteroatoms. The lowest BCUT2D eigenvalue weighted by Crippen LogP contribution is -2.44. The minimum Gasteiger partial charge on any atom is -0.332 e. The Balaban J connectivity index is 2.77. The summed E-state index contributed by atoms with van der Waals surface area (Å²) < 4.78 is 0. The van der Waals surface area contributed by atoms with Gasteiger partial charge in [0.2, 0.25) is 11.8 Å². The Bertz CT molecular complexity index is 567. The second-order valence-corrected chi connectivity index (χ2v) is 8.22. The number of nitrogens with zero attached hydrogens (tertiary/aromatic N) is 3. The van der Waals surface area contributed by atoms with Gasteiger partial charge in [-0.05, 0) is 40.8 Å². The van der Waals surface area contributed by atoms with E-state index in [9.17, 15) is 9.59 Å². The molecule has 0 saturated carbocycles. The zero-order valence-electron chi connectivity index (χ0n) is 17.1. The topological polar surface area (TPSA) is 65.5 Å². The van der Waals surface area contributed by atoms with E-state index in [4.69, 9.17) is 0 Å². The van der Waals surface area contributed by atoms with Gasteiger partial charge in [-0.3, -0.25) is 9.59 Å². The number of unbranched alkanes of at least 4 members (excludes halogenated alkanes) is 1. The number of hydrogen-bond acceptors (Lipinski definition) is 5. The third-order valence-electron chi connectivity index (χ3n) is 4.49. The molecule has 148 valence electrons. The maximum atomic E-state index is 13.0. The van der Waals surface area contributed by atoms with Crippen LogP contribution in [-0.4, -0.2) is 60.3 Å². The van der Waals surface area contributed by atoms with E-state index in [1.165, 1.54) is 11.3 Å². The molecule has 1 aromatic heterocycles. The second kappa shape index (κ2) is 11.3. The van der Waals surface area contributed by atoms with Gasteiger partial charge in [0.15, 0.2) is 5.13 Å². The number of carbonyl (C=O) groups excluding carboxylic acids is 2. The van der Waals surface area contributed by atoms with Crippen LogP contribution >= 0.6 is 11.3 Å². The Labute approximate surface area is 162 Å². The van der Waals surface area contributed by atoms with Crippen molar-refractivity contribution in [2.75, 3.05) is 39.0 Å². The van der Waals surface area contributed by atoms with Gasteiger partial charge >= 0.3 is 0 Å². The fraction of sp³-hybridized carbons (Fsp3) is 0.737. The molecule has 0 aliphatic carbocycles. The Hall–Kier alpha value is -1.47. The van der Waals surface area contributed by atoms with Crippen molar-refractivity contribution >= 4 is 28.3 Å². The molecule has 0 bridgehead atoms. The van der Waals surface area contributed by atoms with Crippen molar-refractivity contribution in [1.82, 2.24) is 14.8 Å². The average Bonchev–Trinajstić information content (AvgIpc) is 2.89. The summed E-state index contributed by atoms with van der Waals surface area (Å²) in [7, 11) is 3.94. The van der Waals surface area contributed by atoms with Crippen LogP contribution in [0.3, 0.4) is 0 Å². The van der Waals surface area contributed by atoms with Gasteiger partial charge in [-0.1, -0.05) is 26.7 Å². The molecule has 1 N–H and O–H groups in total. The number of carbonyl (C=O) groups is 2.